The van der Waals surface area contributed by atoms with Gasteiger partial charge < -0.3 is 4.52 Å². The van der Waals surface area contributed by atoms with Gasteiger partial charge >= 0.3 is 0 Å². The van der Waals surface area contributed by atoms with Gasteiger partial charge in [-0.3, -0.25) is 4.90 Å². The number of aromatic nitrogens is 2. The van der Waals surface area contributed by atoms with E-state index in [1.807, 2.05) is 29.6 Å². The fourth-order valence-corrected chi connectivity index (χ4v) is 6.11. The fraction of sp³-hybridized carbons (Fsp3) is 0.368. The molecule has 29 heavy (non-hydrogen) atoms. The molecule has 0 unspecified atom stereocenters. The molecule has 1 fully saturated rings. The number of nitrogens with zero attached hydrogens (tertiary/aromatic N) is 4. The summed E-state index contributed by atoms with van der Waals surface area (Å²) in [5, 5.41) is 7.53. The zero-order valence-electron chi connectivity index (χ0n) is 16.1. The van der Waals surface area contributed by atoms with Crippen LogP contribution in [-0.2, 0) is 16.6 Å². The molecule has 0 bridgehead atoms. The van der Waals surface area contributed by atoms with Crippen LogP contribution in [0.2, 0.25) is 5.02 Å². The lowest BCUT2D eigenvalue weighted by molar-refractivity contribution is 0.181. The number of benzene rings is 1. The molecule has 10 heteroatoms. The highest BCUT2D eigenvalue weighted by molar-refractivity contribution is 7.89. The van der Waals surface area contributed by atoms with E-state index in [0.717, 1.165) is 16.3 Å². The minimum atomic E-state index is -3.59. The van der Waals surface area contributed by atoms with Crippen molar-refractivity contribution in [1.29, 1.82) is 0 Å². The minimum Gasteiger partial charge on any atom is -0.360 e. The van der Waals surface area contributed by atoms with E-state index in [1.165, 1.54) is 4.31 Å². The third-order valence-electron chi connectivity index (χ3n) is 4.95. The molecule has 0 atom stereocenters. The Hall–Kier alpha value is -1.78. The van der Waals surface area contributed by atoms with Crippen LogP contribution in [0.5, 0.6) is 0 Å². The largest absolute Gasteiger partial charge is 0.360 e. The highest BCUT2D eigenvalue weighted by Crippen LogP contribution is 2.26. The van der Waals surface area contributed by atoms with Crippen LogP contribution in [0, 0.1) is 13.8 Å². The van der Waals surface area contributed by atoms with E-state index < -0.39 is 10.0 Å². The molecule has 0 N–H and O–H groups in total. The Morgan fingerprint density at radius 3 is 2.45 bits per heavy atom. The van der Waals surface area contributed by atoms with Gasteiger partial charge in [-0.1, -0.05) is 28.9 Å². The molecule has 1 saturated heterocycles. The smallest absolute Gasteiger partial charge is 0.248 e. The van der Waals surface area contributed by atoms with Gasteiger partial charge in [0.15, 0.2) is 5.76 Å². The molecule has 0 saturated carbocycles. The number of rotatable bonds is 5. The Labute approximate surface area is 179 Å². The van der Waals surface area contributed by atoms with Crippen molar-refractivity contribution in [2.24, 2.45) is 0 Å². The maximum absolute atomic E-state index is 12.9. The first-order valence-corrected chi connectivity index (χ1v) is 11.9. The van der Waals surface area contributed by atoms with Crippen molar-refractivity contribution < 1.29 is 12.9 Å². The lowest BCUT2D eigenvalue weighted by atomic mass is 10.2. The van der Waals surface area contributed by atoms with Crippen LogP contribution in [0.4, 0.5) is 0 Å². The molecule has 0 spiro atoms. The molecule has 154 valence electrons. The van der Waals surface area contributed by atoms with E-state index >= 15 is 0 Å². The molecule has 1 aliphatic rings. The second kappa shape index (κ2) is 8.16. The number of thiazole rings is 1. The van der Waals surface area contributed by atoms with Crippen LogP contribution in [0.15, 0.2) is 39.1 Å². The number of hydrogen-bond donors (Lipinski definition) is 0. The molecule has 2 aromatic heterocycles. The second-order valence-corrected chi connectivity index (χ2v) is 10.2. The lowest BCUT2D eigenvalue weighted by Crippen LogP contribution is -2.48. The van der Waals surface area contributed by atoms with Gasteiger partial charge in [0.05, 0.1) is 12.2 Å². The van der Waals surface area contributed by atoms with Crippen molar-refractivity contribution in [3.63, 3.8) is 0 Å². The molecule has 0 amide bonds. The van der Waals surface area contributed by atoms with E-state index in [-0.39, 0.29) is 4.90 Å². The SMILES string of the molecule is Cc1noc(C)c1S(=O)(=O)N1CCN(Cc2nc(-c3ccc(Cl)cc3)cs2)CC1. The molecule has 1 aromatic carbocycles. The predicted octanol–water partition coefficient (Wildman–Crippen LogP) is 3.57. The van der Waals surface area contributed by atoms with Crippen molar-refractivity contribution in [1.82, 2.24) is 19.3 Å². The molecule has 7 nitrogen and oxygen atoms in total. The molecule has 1 aliphatic heterocycles. The summed E-state index contributed by atoms with van der Waals surface area (Å²) in [4.78, 5) is 7.14. The Morgan fingerprint density at radius 1 is 1.14 bits per heavy atom. The zero-order valence-corrected chi connectivity index (χ0v) is 18.5. The summed E-state index contributed by atoms with van der Waals surface area (Å²) in [6.07, 6.45) is 0. The van der Waals surface area contributed by atoms with Crippen LogP contribution >= 0.6 is 22.9 Å². The molecular weight excluding hydrogens is 432 g/mol. The van der Waals surface area contributed by atoms with Gasteiger partial charge in [-0.15, -0.1) is 11.3 Å². The monoisotopic (exact) mass is 452 g/mol. The summed E-state index contributed by atoms with van der Waals surface area (Å²) < 4.78 is 32.4. The maximum atomic E-state index is 12.9. The summed E-state index contributed by atoms with van der Waals surface area (Å²) in [6.45, 7) is 6.16. The molecule has 3 heterocycles. The number of sulfonamides is 1. The number of aryl methyl sites for hydroxylation is 2. The molecule has 3 aromatic rings. The first-order valence-electron chi connectivity index (χ1n) is 9.20. The Morgan fingerprint density at radius 2 is 1.83 bits per heavy atom. The minimum absolute atomic E-state index is 0.193. The van der Waals surface area contributed by atoms with Gasteiger partial charge in [0, 0.05) is 42.1 Å². The maximum Gasteiger partial charge on any atom is 0.248 e. The Balaban J connectivity index is 1.39. The third-order valence-corrected chi connectivity index (χ3v) is 8.18. The highest BCUT2D eigenvalue weighted by atomic mass is 35.5. The number of piperazine rings is 1. The van der Waals surface area contributed by atoms with Crippen LogP contribution in [-0.4, -0.2) is 53.9 Å². The predicted molar refractivity (Wildman–Crippen MR) is 113 cm³/mol. The zero-order chi connectivity index (χ0) is 20.6. The topological polar surface area (TPSA) is 79.5 Å². The average Bonchev–Trinajstić information content (AvgIpc) is 3.29. The first-order chi connectivity index (χ1) is 13.8. The molecular formula is C19H21ClN4O3S2. The number of hydrogen-bond acceptors (Lipinski definition) is 7. The Bertz CT molecular complexity index is 1080. The normalized spacial score (nSPS) is 16.4. The van der Waals surface area contributed by atoms with Crippen molar-refractivity contribution >= 4 is 33.0 Å². The molecule has 4 rings (SSSR count). The number of halogens is 1. The molecule has 0 radical (unpaired) electrons. The van der Waals surface area contributed by atoms with E-state index in [1.54, 1.807) is 25.2 Å². The van der Waals surface area contributed by atoms with Gasteiger partial charge in [-0.25, -0.2) is 13.4 Å². The van der Waals surface area contributed by atoms with Crippen LogP contribution in [0.1, 0.15) is 16.5 Å². The summed E-state index contributed by atoms with van der Waals surface area (Å²) in [5.41, 5.74) is 2.37. The van der Waals surface area contributed by atoms with E-state index in [9.17, 15) is 8.42 Å². The van der Waals surface area contributed by atoms with Crippen LogP contribution < -0.4 is 0 Å². The van der Waals surface area contributed by atoms with Crippen LogP contribution in [0.25, 0.3) is 11.3 Å². The van der Waals surface area contributed by atoms with Crippen molar-refractivity contribution in [3.05, 3.63) is 51.1 Å². The average molecular weight is 453 g/mol. The van der Waals surface area contributed by atoms with Crippen molar-refractivity contribution in [2.75, 3.05) is 26.2 Å². The van der Waals surface area contributed by atoms with Gasteiger partial charge in [0.1, 0.15) is 15.6 Å². The summed E-state index contributed by atoms with van der Waals surface area (Å²) in [5.74, 6) is 0.336. The summed E-state index contributed by atoms with van der Waals surface area (Å²) in [6, 6.07) is 7.63. The lowest BCUT2D eigenvalue weighted by Gasteiger charge is -2.33. The van der Waals surface area contributed by atoms with E-state index in [4.69, 9.17) is 21.1 Å². The van der Waals surface area contributed by atoms with Gasteiger partial charge in [0.25, 0.3) is 0 Å². The van der Waals surface area contributed by atoms with Crippen molar-refractivity contribution in [2.45, 2.75) is 25.3 Å². The Kier molecular flexibility index (Phi) is 5.76. The summed E-state index contributed by atoms with van der Waals surface area (Å²) >= 11 is 7.56. The standard InChI is InChI=1S/C19H21ClN4O3S2/c1-13-19(14(2)27-22-13)29(25,26)24-9-7-23(8-10-24)11-18-21-17(12-28-18)15-3-5-16(20)6-4-15/h3-6,12H,7-11H2,1-2H3. The fourth-order valence-electron chi connectivity index (χ4n) is 3.43. The summed E-state index contributed by atoms with van der Waals surface area (Å²) in [7, 11) is -3.59. The second-order valence-electron chi connectivity index (χ2n) is 6.97. The van der Waals surface area contributed by atoms with Crippen molar-refractivity contribution in [3.8, 4) is 11.3 Å². The quantitative estimate of drug-likeness (QED) is 0.588. The van der Waals surface area contributed by atoms with Crippen LogP contribution in [0.3, 0.4) is 0 Å². The molecule has 0 aliphatic carbocycles. The van der Waals surface area contributed by atoms with E-state index in [0.29, 0.717) is 49.2 Å². The van der Waals surface area contributed by atoms with Gasteiger partial charge in [-0.2, -0.15) is 4.31 Å². The highest BCUT2D eigenvalue weighted by Gasteiger charge is 2.33. The van der Waals surface area contributed by atoms with E-state index in [2.05, 4.69) is 10.1 Å². The van der Waals surface area contributed by atoms with Gasteiger partial charge in [-0.05, 0) is 26.0 Å². The van der Waals surface area contributed by atoms with Gasteiger partial charge in [0.2, 0.25) is 10.0 Å². The first kappa shape index (κ1) is 20.5. The third kappa shape index (κ3) is 4.24.